The molecule has 22 heavy (non-hydrogen) atoms. The van der Waals surface area contributed by atoms with E-state index in [-0.39, 0.29) is 5.75 Å². The highest BCUT2D eigenvalue weighted by atomic mass is 32.2. The maximum absolute atomic E-state index is 10.8. The lowest BCUT2D eigenvalue weighted by atomic mass is 10.2. The van der Waals surface area contributed by atoms with E-state index in [9.17, 15) is 13.0 Å². The number of ether oxygens (including phenoxy) is 2. The number of hydrogen-bond acceptors (Lipinski definition) is 5. The fourth-order valence-corrected chi connectivity index (χ4v) is 3.70. The number of nitrogens with zero attached hydrogens (tertiary/aromatic N) is 1. The van der Waals surface area contributed by atoms with Crippen molar-refractivity contribution in [1.82, 2.24) is 4.48 Å². The number of likely N-dealkylation sites (tertiary alicyclic amines) is 1. The Labute approximate surface area is 132 Å². The summed E-state index contributed by atoms with van der Waals surface area (Å²) < 4.78 is 43.8. The molecule has 1 heterocycles. The molecule has 1 aliphatic heterocycles. The molecule has 0 aromatic heterocycles. The maximum atomic E-state index is 10.8. The fraction of sp³-hybridized carbons (Fsp3) is 0.600. The van der Waals surface area contributed by atoms with Crippen molar-refractivity contribution in [3.63, 3.8) is 0 Å². The van der Waals surface area contributed by atoms with Gasteiger partial charge >= 0.3 is 0 Å². The summed E-state index contributed by atoms with van der Waals surface area (Å²) in [6.45, 7) is 2.56. The average molecular weight is 329 g/mol. The van der Waals surface area contributed by atoms with Crippen LogP contribution in [0.15, 0.2) is 18.2 Å². The van der Waals surface area contributed by atoms with E-state index in [1.165, 1.54) is 0 Å². The Balaban J connectivity index is 2.23. The first kappa shape index (κ1) is 17.1. The van der Waals surface area contributed by atoms with E-state index in [2.05, 4.69) is 0 Å². The minimum absolute atomic E-state index is 0.305. The summed E-state index contributed by atoms with van der Waals surface area (Å²) in [7, 11) is -0.962. The quantitative estimate of drug-likeness (QED) is 0.562. The highest BCUT2D eigenvalue weighted by Crippen LogP contribution is 2.37. The monoisotopic (exact) mass is 329 g/mol. The molecule has 0 spiro atoms. The van der Waals surface area contributed by atoms with Crippen LogP contribution in [-0.2, 0) is 10.1 Å². The predicted octanol–water partition coefficient (Wildman–Crippen LogP) is 1.74. The Hall–Kier alpha value is -1.31. The van der Waals surface area contributed by atoms with Crippen molar-refractivity contribution in [1.29, 1.82) is 0 Å². The van der Waals surface area contributed by atoms with Crippen LogP contribution >= 0.6 is 0 Å². The van der Waals surface area contributed by atoms with Gasteiger partial charge in [-0.1, -0.05) is 0 Å². The first-order valence-electron chi connectivity index (χ1n) is 7.42. The van der Waals surface area contributed by atoms with Crippen LogP contribution in [0.25, 0.3) is 0 Å². The third-order valence-electron chi connectivity index (χ3n) is 4.32. The maximum Gasteiger partial charge on any atom is 0.166 e. The third kappa shape index (κ3) is 3.91. The van der Waals surface area contributed by atoms with E-state index in [0.29, 0.717) is 28.9 Å². The number of hydrogen-bond donors (Lipinski definition) is 0. The molecule has 0 aliphatic carbocycles. The summed E-state index contributed by atoms with van der Waals surface area (Å²) in [5.41, 5.74) is 1.08. The molecule has 2 rings (SSSR count). The molecule has 0 bridgehead atoms. The van der Waals surface area contributed by atoms with Gasteiger partial charge in [-0.05, 0) is 6.07 Å². The Morgan fingerprint density at radius 2 is 1.77 bits per heavy atom. The van der Waals surface area contributed by atoms with Crippen LogP contribution in [0.1, 0.15) is 19.3 Å². The summed E-state index contributed by atoms with van der Waals surface area (Å²) >= 11 is 0. The molecule has 1 saturated heterocycles. The second kappa shape index (κ2) is 6.85. The van der Waals surface area contributed by atoms with E-state index in [4.69, 9.17) is 9.47 Å². The molecule has 1 aromatic carbocycles. The topological polar surface area (TPSA) is 75.7 Å². The van der Waals surface area contributed by atoms with Gasteiger partial charge in [0.15, 0.2) is 11.5 Å². The smallest absolute Gasteiger partial charge is 0.166 e. The Bertz CT molecular complexity index is 608. The fourth-order valence-electron chi connectivity index (χ4n) is 3.22. The van der Waals surface area contributed by atoms with Crippen LogP contribution in [0.4, 0.5) is 5.69 Å². The Kier molecular flexibility index (Phi) is 5.31. The van der Waals surface area contributed by atoms with Crippen LogP contribution in [0.3, 0.4) is 0 Å². The third-order valence-corrected chi connectivity index (χ3v) is 5.11. The van der Waals surface area contributed by atoms with Gasteiger partial charge in [-0.15, -0.1) is 0 Å². The van der Waals surface area contributed by atoms with Gasteiger partial charge in [0.2, 0.25) is 0 Å². The molecular formula is C15H23NO5S. The predicted molar refractivity (Wildman–Crippen MR) is 84.4 cm³/mol. The van der Waals surface area contributed by atoms with Crippen LogP contribution in [-0.4, -0.2) is 52.6 Å². The van der Waals surface area contributed by atoms with Crippen molar-refractivity contribution in [2.45, 2.75) is 19.3 Å². The van der Waals surface area contributed by atoms with Gasteiger partial charge in [0.1, 0.15) is 5.69 Å². The molecule has 0 unspecified atom stereocenters. The molecule has 0 N–H and O–H groups in total. The molecule has 1 aliphatic rings. The summed E-state index contributed by atoms with van der Waals surface area (Å²) in [6, 6.07) is 5.82. The van der Waals surface area contributed by atoms with Crippen LogP contribution in [0.5, 0.6) is 11.5 Å². The average Bonchev–Trinajstić information content (AvgIpc) is 2.95. The van der Waals surface area contributed by atoms with Gasteiger partial charge < -0.3 is 14.0 Å². The van der Waals surface area contributed by atoms with Gasteiger partial charge in [0.05, 0.1) is 44.0 Å². The van der Waals surface area contributed by atoms with Crippen molar-refractivity contribution in [3.05, 3.63) is 18.2 Å². The lowest BCUT2D eigenvalue weighted by molar-refractivity contribution is 0.325. The molecule has 1 aromatic rings. The van der Waals surface area contributed by atoms with Crippen molar-refractivity contribution >= 4 is 15.8 Å². The first-order chi connectivity index (χ1) is 10.4. The normalized spacial score (nSPS) is 17.4. The molecule has 1 fully saturated rings. The minimum atomic E-state index is -4.15. The van der Waals surface area contributed by atoms with Crippen molar-refractivity contribution in [2.24, 2.45) is 0 Å². The van der Waals surface area contributed by atoms with Crippen LogP contribution in [0, 0.1) is 0 Å². The lowest BCUT2D eigenvalue weighted by Gasteiger charge is -2.34. The SMILES string of the molecule is COc1ccc([N+]2(CCCS(=O)(=O)[O-])CCCC2)cc1OC. The molecule has 6 nitrogen and oxygen atoms in total. The molecule has 7 heteroatoms. The summed E-state index contributed by atoms with van der Waals surface area (Å²) in [5.74, 6) is 1.03. The second-order valence-electron chi connectivity index (χ2n) is 5.68. The first-order valence-corrected chi connectivity index (χ1v) is 9.00. The number of methoxy groups -OCH3 is 2. The Morgan fingerprint density at radius 3 is 2.32 bits per heavy atom. The molecule has 0 amide bonds. The minimum Gasteiger partial charge on any atom is -0.748 e. The van der Waals surface area contributed by atoms with E-state index in [1.54, 1.807) is 14.2 Å². The van der Waals surface area contributed by atoms with Gasteiger partial charge in [-0.2, -0.15) is 0 Å². The summed E-state index contributed by atoms with van der Waals surface area (Å²) in [5, 5.41) is 0. The number of quaternary nitrogens is 1. The summed E-state index contributed by atoms with van der Waals surface area (Å²) in [6.07, 6.45) is 2.57. The Morgan fingerprint density at radius 1 is 1.14 bits per heavy atom. The highest BCUT2D eigenvalue weighted by Gasteiger charge is 2.34. The number of rotatable bonds is 7. The van der Waals surface area contributed by atoms with E-state index in [1.807, 2.05) is 18.2 Å². The second-order valence-corrected chi connectivity index (χ2v) is 7.20. The number of benzene rings is 1. The van der Waals surface area contributed by atoms with Gasteiger partial charge in [0.25, 0.3) is 0 Å². The summed E-state index contributed by atoms with van der Waals surface area (Å²) in [4.78, 5) is 0. The van der Waals surface area contributed by atoms with Crippen LogP contribution < -0.4 is 14.0 Å². The van der Waals surface area contributed by atoms with E-state index >= 15 is 0 Å². The zero-order valence-corrected chi connectivity index (χ0v) is 13.9. The van der Waals surface area contributed by atoms with Crippen molar-refractivity contribution in [2.75, 3.05) is 39.6 Å². The standard InChI is InChI=1S/C15H23NO5S/c1-20-14-7-6-13(12-15(14)21-2)16(8-3-4-9-16)10-5-11-22(17,18)19/h6-7,12H,3-5,8-11H2,1-2H3. The molecule has 0 saturated carbocycles. The molecule has 0 atom stereocenters. The van der Waals surface area contributed by atoms with Crippen LogP contribution in [0.2, 0.25) is 0 Å². The lowest BCUT2D eigenvalue weighted by Crippen LogP contribution is -2.47. The van der Waals surface area contributed by atoms with Gasteiger partial charge in [-0.25, -0.2) is 8.42 Å². The zero-order valence-electron chi connectivity index (χ0n) is 13.1. The molecular weight excluding hydrogens is 306 g/mol. The zero-order chi connectivity index (χ0) is 16.2. The molecule has 0 radical (unpaired) electrons. The van der Waals surface area contributed by atoms with Crippen molar-refractivity contribution < 1.29 is 22.4 Å². The van der Waals surface area contributed by atoms with Crippen molar-refractivity contribution in [3.8, 4) is 11.5 Å². The highest BCUT2D eigenvalue weighted by molar-refractivity contribution is 7.85. The van der Waals surface area contributed by atoms with E-state index < -0.39 is 10.1 Å². The molecule has 124 valence electrons. The largest absolute Gasteiger partial charge is 0.748 e. The van der Waals surface area contributed by atoms with Gasteiger partial charge in [0, 0.05) is 37.1 Å². The van der Waals surface area contributed by atoms with Gasteiger partial charge in [-0.3, -0.25) is 4.48 Å². The van der Waals surface area contributed by atoms with E-state index in [0.717, 1.165) is 31.6 Å².